The van der Waals surface area contributed by atoms with E-state index in [1.165, 1.54) is 30.2 Å². The molecule has 2 rings (SSSR count). The highest BCUT2D eigenvalue weighted by molar-refractivity contribution is 6.07. The van der Waals surface area contributed by atoms with Crippen molar-refractivity contribution in [2.45, 2.75) is 6.54 Å². The van der Waals surface area contributed by atoms with Gasteiger partial charge in [0.2, 0.25) is 0 Å². The third kappa shape index (κ3) is 2.88. The molecule has 0 saturated carbocycles. The highest BCUT2D eigenvalue weighted by atomic mass is 16.4. The lowest BCUT2D eigenvalue weighted by atomic mass is 10.3. The first kappa shape index (κ1) is 14.2. The monoisotopic (exact) mass is 292 g/mol. The number of primary amides is 1. The first-order valence-electron chi connectivity index (χ1n) is 5.77. The zero-order valence-electron chi connectivity index (χ0n) is 11.0. The Morgan fingerprint density at radius 3 is 2.71 bits per heavy atom. The summed E-state index contributed by atoms with van der Waals surface area (Å²) in [6.45, 7) is -0.453. The van der Waals surface area contributed by atoms with Gasteiger partial charge in [-0.1, -0.05) is 0 Å². The van der Waals surface area contributed by atoms with Gasteiger partial charge in [-0.25, -0.2) is 4.68 Å². The highest BCUT2D eigenvalue weighted by Gasteiger charge is 2.19. The minimum absolute atomic E-state index is 0.0349. The number of aromatic nitrogens is 4. The maximum absolute atomic E-state index is 12.1. The molecule has 0 aromatic carbocycles. The fraction of sp³-hybridized carbons (Fsp3) is 0.182. The van der Waals surface area contributed by atoms with E-state index in [2.05, 4.69) is 15.5 Å². The molecule has 2 heterocycles. The Morgan fingerprint density at radius 1 is 1.38 bits per heavy atom. The maximum Gasteiger partial charge on any atom is 0.325 e. The number of nitrogens with one attached hydrogen (secondary N) is 1. The van der Waals surface area contributed by atoms with Crippen LogP contribution in [0.2, 0.25) is 0 Å². The van der Waals surface area contributed by atoms with Crippen molar-refractivity contribution in [1.82, 2.24) is 19.6 Å². The highest BCUT2D eigenvalue weighted by Crippen LogP contribution is 2.14. The van der Waals surface area contributed by atoms with Gasteiger partial charge in [-0.15, -0.1) is 0 Å². The second-order valence-electron chi connectivity index (χ2n) is 4.12. The summed E-state index contributed by atoms with van der Waals surface area (Å²) in [6, 6.07) is 1.36. The van der Waals surface area contributed by atoms with E-state index in [4.69, 9.17) is 10.8 Å². The predicted octanol–water partition coefficient (Wildman–Crippen LogP) is -0.948. The molecule has 10 heteroatoms. The van der Waals surface area contributed by atoms with Crippen LogP contribution in [-0.2, 0) is 18.4 Å². The summed E-state index contributed by atoms with van der Waals surface area (Å²) in [5.41, 5.74) is 5.41. The van der Waals surface area contributed by atoms with Gasteiger partial charge in [-0.05, 0) is 6.07 Å². The number of amides is 2. The number of aryl methyl sites for hydroxylation is 1. The van der Waals surface area contributed by atoms with Gasteiger partial charge >= 0.3 is 5.97 Å². The topological polar surface area (TPSA) is 145 Å². The predicted molar refractivity (Wildman–Crippen MR) is 69.5 cm³/mol. The van der Waals surface area contributed by atoms with Crippen molar-refractivity contribution in [2.75, 3.05) is 5.32 Å². The van der Waals surface area contributed by atoms with Gasteiger partial charge in [0.25, 0.3) is 11.8 Å². The van der Waals surface area contributed by atoms with Crippen LogP contribution in [0.1, 0.15) is 21.0 Å². The number of aliphatic carboxylic acids is 1. The van der Waals surface area contributed by atoms with Crippen molar-refractivity contribution in [3.63, 3.8) is 0 Å². The van der Waals surface area contributed by atoms with Gasteiger partial charge in [-0.2, -0.15) is 10.2 Å². The molecule has 0 atom stereocenters. The zero-order chi connectivity index (χ0) is 15.6. The van der Waals surface area contributed by atoms with Gasteiger partial charge in [0.1, 0.15) is 17.9 Å². The van der Waals surface area contributed by atoms with Crippen LogP contribution in [-0.4, -0.2) is 42.5 Å². The molecule has 0 saturated heterocycles. The van der Waals surface area contributed by atoms with Crippen LogP contribution < -0.4 is 11.1 Å². The largest absolute Gasteiger partial charge is 0.480 e. The summed E-state index contributed by atoms with van der Waals surface area (Å²) >= 11 is 0. The van der Waals surface area contributed by atoms with Crippen molar-refractivity contribution in [3.05, 3.63) is 29.8 Å². The lowest BCUT2D eigenvalue weighted by Crippen LogP contribution is -2.23. The fourth-order valence-electron chi connectivity index (χ4n) is 1.79. The molecule has 0 aliphatic carbocycles. The number of hydrogen-bond donors (Lipinski definition) is 3. The van der Waals surface area contributed by atoms with Gasteiger partial charge in [0.15, 0.2) is 0 Å². The number of nitrogens with two attached hydrogens (primary N) is 1. The Hall–Kier alpha value is -3.17. The van der Waals surface area contributed by atoms with E-state index >= 15 is 0 Å². The molecule has 0 aliphatic heterocycles. The summed E-state index contributed by atoms with van der Waals surface area (Å²) in [4.78, 5) is 34.1. The van der Waals surface area contributed by atoms with E-state index in [0.29, 0.717) is 0 Å². The van der Waals surface area contributed by atoms with Crippen LogP contribution in [0, 0.1) is 0 Å². The number of carboxylic acid groups (broad SMARTS) is 1. The molecule has 0 bridgehead atoms. The van der Waals surface area contributed by atoms with Gasteiger partial charge in [0, 0.05) is 13.2 Å². The van der Waals surface area contributed by atoms with Gasteiger partial charge in [0.05, 0.1) is 11.9 Å². The van der Waals surface area contributed by atoms with E-state index in [-0.39, 0.29) is 17.1 Å². The summed E-state index contributed by atoms with van der Waals surface area (Å²) in [5, 5.41) is 18.8. The zero-order valence-corrected chi connectivity index (χ0v) is 11.0. The first-order valence-corrected chi connectivity index (χ1v) is 5.77. The first-order chi connectivity index (χ1) is 9.90. The summed E-state index contributed by atoms with van der Waals surface area (Å²) in [7, 11) is 1.50. The summed E-state index contributed by atoms with van der Waals surface area (Å²) in [6.07, 6.45) is 2.58. The molecule has 0 unspecified atom stereocenters. The molecule has 21 heavy (non-hydrogen) atoms. The van der Waals surface area contributed by atoms with Crippen LogP contribution in [0.15, 0.2) is 18.5 Å². The quantitative estimate of drug-likeness (QED) is 0.648. The Kier molecular flexibility index (Phi) is 3.69. The Labute approximate surface area is 118 Å². The SMILES string of the molecule is Cn1ncc(NC(=O)c2ccnn2CC(=O)O)c1C(N)=O. The van der Waals surface area contributed by atoms with E-state index in [0.717, 1.165) is 4.68 Å². The number of carbonyl (C=O) groups excluding carboxylic acids is 2. The second kappa shape index (κ2) is 5.45. The minimum Gasteiger partial charge on any atom is -0.480 e. The molecule has 10 nitrogen and oxygen atoms in total. The average Bonchev–Trinajstić information content (AvgIpc) is 2.95. The van der Waals surface area contributed by atoms with Crippen molar-refractivity contribution >= 4 is 23.5 Å². The van der Waals surface area contributed by atoms with Crippen molar-refractivity contribution in [1.29, 1.82) is 0 Å². The van der Waals surface area contributed by atoms with Crippen molar-refractivity contribution in [3.8, 4) is 0 Å². The molecule has 0 aliphatic rings. The van der Waals surface area contributed by atoms with E-state index in [1.807, 2.05) is 0 Å². The van der Waals surface area contributed by atoms with Crippen LogP contribution in [0.5, 0.6) is 0 Å². The number of anilines is 1. The molecule has 0 fully saturated rings. The lowest BCUT2D eigenvalue weighted by Gasteiger charge is -2.06. The number of carbonyl (C=O) groups is 3. The third-order valence-corrected chi connectivity index (χ3v) is 2.65. The molecule has 4 N–H and O–H groups in total. The normalized spacial score (nSPS) is 10.3. The maximum atomic E-state index is 12.1. The molecule has 0 radical (unpaired) electrons. The Bertz CT molecular complexity index is 716. The number of carboxylic acids is 1. The summed E-state index contributed by atoms with van der Waals surface area (Å²) < 4.78 is 2.25. The van der Waals surface area contributed by atoms with E-state index in [9.17, 15) is 14.4 Å². The second-order valence-corrected chi connectivity index (χ2v) is 4.12. The van der Waals surface area contributed by atoms with Crippen molar-refractivity contribution in [2.24, 2.45) is 12.8 Å². The molecule has 2 aromatic heterocycles. The summed E-state index contributed by atoms with van der Waals surface area (Å²) in [5.74, 6) is -2.50. The third-order valence-electron chi connectivity index (χ3n) is 2.65. The molecular formula is C11H12N6O4. The van der Waals surface area contributed by atoms with Crippen LogP contribution in [0.4, 0.5) is 5.69 Å². The van der Waals surface area contributed by atoms with E-state index < -0.39 is 24.3 Å². The van der Waals surface area contributed by atoms with Crippen LogP contribution in [0.3, 0.4) is 0 Å². The number of nitrogens with zero attached hydrogens (tertiary/aromatic N) is 4. The lowest BCUT2D eigenvalue weighted by molar-refractivity contribution is -0.137. The van der Waals surface area contributed by atoms with Gasteiger partial charge < -0.3 is 16.2 Å². The smallest absolute Gasteiger partial charge is 0.325 e. The number of rotatable bonds is 5. The van der Waals surface area contributed by atoms with E-state index in [1.54, 1.807) is 0 Å². The number of hydrogen-bond acceptors (Lipinski definition) is 5. The standard InChI is InChI=1S/C11H12N6O4/c1-16-9(10(12)20)6(4-14-16)15-11(21)7-2-3-13-17(7)5-8(18)19/h2-4H,5H2,1H3,(H2,12,20)(H,15,21)(H,18,19). The fourth-order valence-corrected chi connectivity index (χ4v) is 1.79. The Morgan fingerprint density at radius 2 is 2.10 bits per heavy atom. The van der Waals surface area contributed by atoms with Crippen LogP contribution >= 0.6 is 0 Å². The van der Waals surface area contributed by atoms with Crippen molar-refractivity contribution < 1.29 is 19.5 Å². The molecule has 0 spiro atoms. The van der Waals surface area contributed by atoms with Crippen LogP contribution in [0.25, 0.3) is 0 Å². The Balaban J connectivity index is 2.25. The molecule has 110 valence electrons. The average molecular weight is 292 g/mol. The minimum atomic E-state index is -1.13. The molecule has 2 aromatic rings. The molecular weight excluding hydrogens is 280 g/mol. The van der Waals surface area contributed by atoms with Gasteiger partial charge in [-0.3, -0.25) is 19.1 Å². The molecule has 2 amide bonds.